The van der Waals surface area contributed by atoms with Gasteiger partial charge in [0, 0.05) is 17.1 Å². The van der Waals surface area contributed by atoms with Crippen LogP contribution in [-0.4, -0.2) is 25.7 Å². The van der Waals surface area contributed by atoms with Crippen molar-refractivity contribution in [2.75, 3.05) is 0 Å². The number of phenols is 1. The zero-order valence-corrected chi connectivity index (χ0v) is 19.1. The first-order chi connectivity index (χ1) is 15.9. The smallest absolute Gasteiger partial charge is 0.293 e. The highest BCUT2D eigenvalue weighted by Crippen LogP contribution is 2.35. The molecule has 1 aromatic heterocycles. The van der Waals surface area contributed by atoms with E-state index in [-0.39, 0.29) is 23.4 Å². The largest absolute Gasteiger partial charge is 0.508 e. The number of rotatable bonds is 4. The van der Waals surface area contributed by atoms with E-state index in [0.29, 0.717) is 4.91 Å². The molecule has 1 aliphatic rings. The highest BCUT2D eigenvalue weighted by Gasteiger charge is 2.35. The molecule has 0 spiro atoms. The summed E-state index contributed by atoms with van der Waals surface area (Å²) in [5.74, 6) is -0.0614. The highest BCUT2D eigenvalue weighted by molar-refractivity contribution is 8.18. The lowest BCUT2D eigenvalue weighted by molar-refractivity contribution is -0.123. The molecule has 4 aromatic rings. The summed E-state index contributed by atoms with van der Waals surface area (Å²) in [5.41, 5.74) is 4.71. The van der Waals surface area contributed by atoms with E-state index < -0.39 is 0 Å². The fourth-order valence-corrected chi connectivity index (χ4v) is 5.14. The van der Waals surface area contributed by atoms with Crippen molar-refractivity contribution in [1.29, 1.82) is 0 Å². The molecule has 6 heteroatoms. The van der Waals surface area contributed by atoms with Gasteiger partial charge in [-0.1, -0.05) is 42.5 Å². The summed E-state index contributed by atoms with van der Waals surface area (Å²) in [6, 6.07) is 22.9. The van der Waals surface area contributed by atoms with E-state index in [0.717, 1.165) is 50.7 Å². The van der Waals surface area contributed by atoms with Gasteiger partial charge in [-0.15, -0.1) is 0 Å². The summed E-state index contributed by atoms with van der Waals surface area (Å²) in [5, 5.41) is 11.5. The van der Waals surface area contributed by atoms with Crippen LogP contribution in [0.25, 0.3) is 22.5 Å². The number of phenolic OH excluding ortho intramolecular Hbond substituents is 1. The molecular formula is C27H22N2O3S. The van der Waals surface area contributed by atoms with Gasteiger partial charge in [0.15, 0.2) is 0 Å². The number of carbonyl (C=O) groups excluding carboxylic acids is 2. The number of thioether (sulfide) groups is 1. The average Bonchev–Trinajstić information content (AvgIpc) is 3.24. The Labute approximate surface area is 196 Å². The van der Waals surface area contributed by atoms with Crippen LogP contribution in [0.15, 0.2) is 77.7 Å². The van der Waals surface area contributed by atoms with E-state index in [9.17, 15) is 14.7 Å². The monoisotopic (exact) mass is 454 g/mol. The summed E-state index contributed by atoms with van der Waals surface area (Å²) >= 11 is 0.979. The first kappa shape index (κ1) is 21.1. The van der Waals surface area contributed by atoms with Crippen LogP contribution < -0.4 is 0 Å². The maximum absolute atomic E-state index is 13.2. The second kappa shape index (κ2) is 8.30. The molecule has 0 atom stereocenters. The molecule has 1 saturated heterocycles. The summed E-state index contributed by atoms with van der Waals surface area (Å²) in [6.07, 6.45) is 1.80. The van der Waals surface area contributed by atoms with Gasteiger partial charge in [-0.25, -0.2) is 0 Å². The maximum atomic E-state index is 13.2. The van der Waals surface area contributed by atoms with E-state index in [1.807, 2.05) is 74.5 Å². The maximum Gasteiger partial charge on any atom is 0.293 e. The van der Waals surface area contributed by atoms with E-state index in [1.165, 1.54) is 4.90 Å². The van der Waals surface area contributed by atoms with Gasteiger partial charge in [-0.05, 0) is 83.9 Å². The Bertz CT molecular complexity index is 1430. The van der Waals surface area contributed by atoms with Gasteiger partial charge in [0.05, 0.1) is 11.4 Å². The van der Waals surface area contributed by atoms with Crippen LogP contribution in [-0.2, 0) is 11.3 Å². The van der Waals surface area contributed by atoms with Crippen LogP contribution in [0.4, 0.5) is 4.79 Å². The molecule has 5 rings (SSSR count). The quantitative estimate of drug-likeness (QED) is 0.374. The van der Waals surface area contributed by atoms with Gasteiger partial charge in [0.2, 0.25) is 0 Å². The third kappa shape index (κ3) is 3.83. The molecule has 0 saturated carbocycles. The first-order valence-corrected chi connectivity index (χ1v) is 11.4. The summed E-state index contributed by atoms with van der Waals surface area (Å²) in [4.78, 5) is 27.6. The number of carbonyl (C=O) groups is 2. The molecule has 0 radical (unpaired) electrons. The number of imide groups is 1. The van der Waals surface area contributed by atoms with Crippen LogP contribution >= 0.6 is 11.8 Å². The van der Waals surface area contributed by atoms with Crippen molar-refractivity contribution in [3.63, 3.8) is 0 Å². The van der Waals surface area contributed by atoms with Gasteiger partial charge in [0.1, 0.15) is 5.75 Å². The van der Waals surface area contributed by atoms with Crippen LogP contribution in [0.5, 0.6) is 5.75 Å². The minimum atomic E-state index is -0.271. The number of aromatic nitrogens is 1. The fourth-order valence-electron chi connectivity index (χ4n) is 4.31. The number of aromatic hydroxyl groups is 1. The third-order valence-electron chi connectivity index (χ3n) is 5.95. The zero-order valence-electron chi connectivity index (χ0n) is 18.3. The van der Waals surface area contributed by atoms with Gasteiger partial charge in [0.25, 0.3) is 11.1 Å². The van der Waals surface area contributed by atoms with Crippen LogP contribution in [0.2, 0.25) is 0 Å². The molecular weight excluding hydrogens is 432 g/mol. The number of nitrogens with zero attached hydrogens (tertiary/aromatic N) is 2. The molecule has 164 valence electrons. The van der Waals surface area contributed by atoms with Gasteiger partial charge >= 0.3 is 0 Å². The van der Waals surface area contributed by atoms with Crippen LogP contribution in [0.1, 0.15) is 22.5 Å². The van der Waals surface area contributed by atoms with Crippen LogP contribution in [0, 0.1) is 13.8 Å². The number of amides is 2. The summed E-state index contributed by atoms with van der Waals surface area (Å²) in [7, 11) is 0. The Morgan fingerprint density at radius 2 is 1.67 bits per heavy atom. The number of hydrogen-bond donors (Lipinski definition) is 1. The minimum Gasteiger partial charge on any atom is -0.508 e. The Balaban J connectivity index is 1.45. The SMILES string of the molecule is Cc1cc(/C=C2\SC(=O)N(Cc3cccc4ccccc34)C2=O)c(C)n1-c1ccc(O)cc1. The highest BCUT2D eigenvalue weighted by atomic mass is 32.2. The number of fused-ring (bicyclic) bond motifs is 1. The van der Waals surface area contributed by atoms with Gasteiger partial charge < -0.3 is 9.67 Å². The third-order valence-corrected chi connectivity index (χ3v) is 6.85. The van der Waals surface area contributed by atoms with Crippen molar-refractivity contribution < 1.29 is 14.7 Å². The fraction of sp³-hybridized carbons (Fsp3) is 0.111. The lowest BCUT2D eigenvalue weighted by atomic mass is 10.0. The van der Waals surface area contributed by atoms with Gasteiger partial charge in [-0.3, -0.25) is 14.5 Å². The Morgan fingerprint density at radius 1 is 0.939 bits per heavy atom. The van der Waals surface area contributed by atoms with Crippen molar-refractivity contribution in [1.82, 2.24) is 9.47 Å². The van der Waals surface area contributed by atoms with E-state index >= 15 is 0 Å². The molecule has 0 unspecified atom stereocenters. The molecule has 1 aliphatic heterocycles. The molecule has 3 aromatic carbocycles. The van der Waals surface area contributed by atoms with Crippen molar-refractivity contribution in [3.8, 4) is 11.4 Å². The summed E-state index contributed by atoms with van der Waals surface area (Å²) < 4.78 is 2.06. The summed E-state index contributed by atoms with van der Waals surface area (Å²) in [6.45, 7) is 4.21. The Hall–Kier alpha value is -3.77. The molecule has 2 amide bonds. The Morgan fingerprint density at radius 3 is 2.45 bits per heavy atom. The molecule has 1 fully saturated rings. The predicted octanol–water partition coefficient (Wildman–Crippen LogP) is 6.19. The lowest BCUT2D eigenvalue weighted by Gasteiger charge is -2.14. The minimum absolute atomic E-state index is 0.210. The second-order valence-corrected chi connectivity index (χ2v) is 9.08. The zero-order chi connectivity index (χ0) is 23.1. The van der Waals surface area contributed by atoms with Crippen molar-refractivity contribution in [3.05, 3.63) is 100 Å². The van der Waals surface area contributed by atoms with E-state index in [2.05, 4.69) is 4.57 Å². The average molecular weight is 455 g/mol. The standard InChI is InChI=1S/C27H22N2O3S/c1-17-14-21(18(2)29(17)22-10-12-23(30)13-11-22)15-25-26(31)28(27(32)33-25)16-20-8-5-7-19-6-3-4-9-24(19)20/h3-15,30H,16H2,1-2H3/b25-15-. The van der Waals surface area contributed by atoms with Crippen LogP contribution in [0.3, 0.4) is 0 Å². The molecule has 2 heterocycles. The molecule has 1 N–H and O–H groups in total. The van der Waals surface area contributed by atoms with Crippen molar-refractivity contribution in [2.24, 2.45) is 0 Å². The molecule has 0 bridgehead atoms. The predicted molar refractivity (Wildman–Crippen MR) is 132 cm³/mol. The molecule has 5 nitrogen and oxygen atoms in total. The lowest BCUT2D eigenvalue weighted by Crippen LogP contribution is -2.27. The topological polar surface area (TPSA) is 62.5 Å². The Kier molecular flexibility index (Phi) is 5.30. The van der Waals surface area contributed by atoms with E-state index in [1.54, 1.807) is 18.2 Å². The molecule has 33 heavy (non-hydrogen) atoms. The number of hydrogen-bond acceptors (Lipinski definition) is 4. The normalized spacial score (nSPS) is 15.2. The van der Waals surface area contributed by atoms with Gasteiger partial charge in [-0.2, -0.15) is 0 Å². The van der Waals surface area contributed by atoms with Crippen molar-refractivity contribution in [2.45, 2.75) is 20.4 Å². The first-order valence-electron chi connectivity index (χ1n) is 10.6. The van der Waals surface area contributed by atoms with E-state index in [4.69, 9.17) is 0 Å². The van der Waals surface area contributed by atoms with Crippen molar-refractivity contribution >= 4 is 39.8 Å². The second-order valence-electron chi connectivity index (χ2n) is 8.08. The number of aryl methyl sites for hydroxylation is 1. The number of benzene rings is 3. The molecule has 0 aliphatic carbocycles.